The van der Waals surface area contributed by atoms with Crippen LogP contribution in [0, 0.1) is 23.1 Å². The van der Waals surface area contributed by atoms with Crippen molar-refractivity contribution in [3.8, 4) is 11.8 Å². The molecule has 4 nitrogen and oxygen atoms in total. The molecule has 1 saturated heterocycles. The molecular weight excluding hydrogens is 291 g/mol. The molecule has 1 aromatic rings. The molecular formula is C15H19FN2O2S. The lowest BCUT2D eigenvalue weighted by Gasteiger charge is -2.19. The van der Waals surface area contributed by atoms with E-state index in [0.717, 1.165) is 12.5 Å². The summed E-state index contributed by atoms with van der Waals surface area (Å²) >= 11 is 0. The van der Waals surface area contributed by atoms with E-state index >= 15 is 0 Å². The second-order valence-electron chi connectivity index (χ2n) is 5.90. The maximum atomic E-state index is 13.9. The van der Waals surface area contributed by atoms with Crippen molar-refractivity contribution in [2.24, 2.45) is 11.1 Å². The Hall–Kier alpha value is -1.42. The summed E-state index contributed by atoms with van der Waals surface area (Å²) in [6, 6.07) is 3.80. The van der Waals surface area contributed by atoms with Crippen LogP contribution in [0.25, 0.3) is 0 Å². The van der Waals surface area contributed by atoms with Crippen molar-refractivity contribution in [1.29, 1.82) is 0 Å². The summed E-state index contributed by atoms with van der Waals surface area (Å²) in [6.45, 7) is 5.09. The minimum atomic E-state index is -3.65. The van der Waals surface area contributed by atoms with Crippen LogP contribution in [0.3, 0.4) is 0 Å². The summed E-state index contributed by atoms with van der Waals surface area (Å²) < 4.78 is 40.3. The molecule has 2 N–H and O–H groups in total. The van der Waals surface area contributed by atoms with E-state index in [9.17, 15) is 12.8 Å². The molecule has 0 aliphatic carbocycles. The van der Waals surface area contributed by atoms with Crippen LogP contribution in [0.5, 0.6) is 0 Å². The lowest BCUT2D eigenvalue weighted by Crippen LogP contribution is -2.30. The molecule has 1 fully saturated rings. The van der Waals surface area contributed by atoms with Gasteiger partial charge in [0.15, 0.2) is 0 Å². The summed E-state index contributed by atoms with van der Waals surface area (Å²) in [5, 5.41) is 0. The molecule has 2 rings (SSSR count). The van der Waals surface area contributed by atoms with E-state index in [0.29, 0.717) is 13.1 Å². The first-order valence-corrected chi connectivity index (χ1v) is 8.19. The molecule has 0 aromatic heterocycles. The summed E-state index contributed by atoms with van der Waals surface area (Å²) in [6.07, 6.45) is 0.800. The van der Waals surface area contributed by atoms with E-state index in [-0.39, 0.29) is 22.4 Å². The number of halogens is 1. The van der Waals surface area contributed by atoms with Crippen LogP contribution in [0.4, 0.5) is 4.39 Å². The molecule has 21 heavy (non-hydrogen) atoms. The maximum absolute atomic E-state index is 13.9. The molecule has 1 heterocycles. The van der Waals surface area contributed by atoms with Gasteiger partial charge in [-0.15, -0.1) is 0 Å². The molecule has 114 valence electrons. The number of hydrogen-bond acceptors (Lipinski definition) is 3. The van der Waals surface area contributed by atoms with E-state index in [1.165, 1.54) is 16.4 Å². The Morgan fingerprint density at radius 1 is 1.43 bits per heavy atom. The van der Waals surface area contributed by atoms with Crippen molar-refractivity contribution in [3.63, 3.8) is 0 Å². The number of nitrogens with two attached hydrogens (primary N) is 1. The maximum Gasteiger partial charge on any atom is 0.243 e. The summed E-state index contributed by atoms with van der Waals surface area (Å²) in [5.74, 6) is 4.48. The average molecular weight is 310 g/mol. The van der Waals surface area contributed by atoms with E-state index in [1.54, 1.807) is 0 Å². The van der Waals surface area contributed by atoms with Crippen LogP contribution in [0.15, 0.2) is 23.1 Å². The van der Waals surface area contributed by atoms with Crippen molar-refractivity contribution < 1.29 is 12.8 Å². The fourth-order valence-corrected chi connectivity index (χ4v) is 3.96. The Labute approximate surface area is 125 Å². The minimum absolute atomic E-state index is 0.0315. The highest BCUT2D eigenvalue weighted by atomic mass is 32.2. The van der Waals surface area contributed by atoms with E-state index < -0.39 is 15.8 Å². The Kier molecular flexibility index (Phi) is 4.38. The molecule has 1 aromatic carbocycles. The first kappa shape index (κ1) is 16.0. The number of sulfonamides is 1. The molecule has 1 aliphatic rings. The van der Waals surface area contributed by atoms with Gasteiger partial charge in [0.25, 0.3) is 0 Å². The number of rotatable bonds is 2. The lowest BCUT2D eigenvalue weighted by molar-refractivity contribution is 0.375. The molecule has 0 unspecified atom stereocenters. The molecule has 0 spiro atoms. The smallest absolute Gasteiger partial charge is 0.243 e. The average Bonchev–Trinajstić information content (AvgIpc) is 2.78. The third-order valence-corrected chi connectivity index (χ3v) is 5.39. The number of hydrogen-bond donors (Lipinski definition) is 1. The third-order valence-electron chi connectivity index (χ3n) is 3.55. The Morgan fingerprint density at radius 2 is 2.14 bits per heavy atom. The summed E-state index contributed by atoms with van der Waals surface area (Å²) in [7, 11) is -3.65. The largest absolute Gasteiger partial charge is 0.320 e. The SMILES string of the molecule is CC1(C)CCN(S(=O)(=O)c2ccc(C#CCN)c(F)c2)C1. The van der Waals surface area contributed by atoms with Gasteiger partial charge < -0.3 is 5.73 Å². The number of benzene rings is 1. The van der Waals surface area contributed by atoms with Crippen LogP contribution in [0.2, 0.25) is 0 Å². The molecule has 0 saturated carbocycles. The standard InChI is InChI=1S/C15H19FN2O2S/c1-15(2)7-9-18(11-15)21(19,20)13-6-5-12(4-3-8-17)14(16)10-13/h5-6,10H,7-9,11,17H2,1-2H3. The van der Waals surface area contributed by atoms with Crippen LogP contribution < -0.4 is 5.73 Å². The van der Waals surface area contributed by atoms with Gasteiger partial charge in [-0.2, -0.15) is 4.31 Å². The van der Waals surface area contributed by atoms with E-state index in [2.05, 4.69) is 11.8 Å². The van der Waals surface area contributed by atoms with Crippen LogP contribution in [0.1, 0.15) is 25.8 Å². The zero-order valence-corrected chi connectivity index (χ0v) is 13.0. The minimum Gasteiger partial charge on any atom is -0.320 e. The van der Waals surface area contributed by atoms with Gasteiger partial charge in [0.1, 0.15) is 5.82 Å². The van der Waals surface area contributed by atoms with Gasteiger partial charge in [-0.25, -0.2) is 12.8 Å². The van der Waals surface area contributed by atoms with Crippen molar-refractivity contribution in [3.05, 3.63) is 29.6 Å². The predicted molar refractivity (Wildman–Crippen MR) is 79.5 cm³/mol. The van der Waals surface area contributed by atoms with Gasteiger partial charge in [0, 0.05) is 13.1 Å². The molecule has 0 amide bonds. The van der Waals surface area contributed by atoms with Crippen LogP contribution in [-0.2, 0) is 10.0 Å². The Balaban J connectivity index is 2.32. The van der Waals surface area contributed by atoms with Crippen LogP contribution >= 0.6 is 0 Å². The first-order chi connectivity index (χ1) is 9.76. The first-order valence-electron chi connectivity index (χ1n) is 6.75. The van der Waals surface area contributed by atoms with E-state index in [4.69, 9.17) is 5.73 Å². The van der Waals surface area contributed by atoms with Gasteiger partial charge >= 0.3 is 0 Å². The Bertz CT molecular complexity index is 702. The topological polar surface area (TPSA) is 63.4 Å². The second kappa shape index (κ2) is 5.76. The highest BCUT2D eigenvalue weighted by molar-refractivity contribution is 7.89. The van der Waals surface area contributed by atoms with Gasteiger partial charge in [-0.3, -0.25) is 0 Å². The van der Waals surface area contributed by atoms with Crippen molar-refractivity contribution in [2.45, 2.75) is 25.2 Å². The third kappa shape index (κ3) is 3.43. The molecule has 0 bridgehead atoms. The zero-order valence-electron chi connectivity index (χ0n) is 12.2. The quantitative estimate of drug-likeness (QED) is 0.843. The zero-order chi connectivity index (χ0) is 15.7. The molecule has 6 heteroatoms. The Morgan fingerprint density at radius 3 is 2.67 bits per heavy atom. The van der Waals surface area contributed by atoms with Gasteiger partial charge in [0.05, 0.1) is 17.0 Å². The lowest BCUT2D eigenvalue weighted by atomic mass is 9.93. The summed E-state index contributed by atoms with van der Waals surface area (Å²) in [5.41, 5.74) is 5.35. The fourth-order valence-electron chi connectivity index (χ4n) is 2.32. The van der Waals surface area contributed by atoms with Crippen molar-refractivity contribution in [2.75, 3.05) is 19.6 Å². The molecule has 0 radical (unpaired) electrons. The predicted octanol–water partition coefficient (Wildman–Crippen LogP) is 1.56. The highest BCUT2D eigenvalue weighted by Gasteiger charge is 2.36. The highest BCUT2D eigenvalue weighted by Crippen LogP contribution is 2.32. The van der Waals surface area contributed by atoms with Crippen molar-refractivity contribution in [1.82, 2.24) is 4.31 Å². The van der Waals surface area contributed by atoms with Crippen molar-refractivity contribution >= 4 is 10.0 Å². The molecule has 1 aliphatic heterocycles. The van der Waals surface area contributed by atoms with Crippen LogP contribution in [-0.4, -0.2) is 32.4 Å². The monoisotopic (exact) mass is 310 g/mol. The van der Waals surface area contributed by atoms with Gasteiger partial charge in [0.2, 0.25) is 10.0 Å². The van der Waals surface area contributed by atoms with Gasteiger partial charge in [-0.1, -0.05) is 25.7 Å². The van der Waals surface area contributed by atoms with Gasteiger partial charge in [-0.05, 0) is 30.0 Å². The summed E-state index contributed by atoms with van der Waals surface area (Å²) in [4.78, 5) is -0.0315. The molecule has 0 atom stereocenters. The normalized spacial score (nSPS) is 18.3. The second-order valence-corrected chi connectivity index (χ2v) is 7.84. The number of nitrogens with zero attached hydrogens (tertiary/aromatic N) is 1. The van der Waals surface area contributed by atoms with E-state index in [1.807, 2.05) is 13.8 Å². The fraction of sp³-hybridized carbons (Fsp3) is 0.467.